The lowest BCUT2D eigenvalue weighted by Gasteiger charge is -2.26. The quantitative estimate of drug-likeness (QED) is 0.871. The van der Waals surface area contributed by atoms with Crippen LogP contribution < -0.4 is 0 Å². The highest BCUT2D eigenvalue weighted by molar-refractivity contribution is 5.77. The highest BCUT2D eigenvalue weighted by Crippen LogP contribution is 2.21. The number of amides is 1. The number of nitrogens with zero attached hydrogens (tertiary/aromatic N) is 2. The SMILES string of the molecule is CN(C)C(=O)CN1CC[C@H](O)[C@@H]1Cc1ccccc1. The number of hydrogen-bond donors (Lipinski definition) is 1. The maximum atomic E-state index is 11.8. The minimum Gasteiger partial charge on any atom is -0.391 e. The predicted octanol–water partition coefficient (Wildman–Crippen LogP) is 0.752. The maximum absolute atomic E-state index is 11.8. The molecule has 2 rings (SSSR count). The first kappa shape index (κ1) is 14.0. The molecule has 1 aliphatic rings. The number of carbonyl (C=O) groups excluding carboxylic acids is 1. The van der Waals surface area contributed by atoms with Gasteiger partial charge in [0.2, 0.25) is 5.91 Å². The van der Waals surface area contributed by atoms with Crippen LogP contribution in [0.25, 0.3) is 0 Å². The molecule has 1 fully saturated rings. The zero-order valence-electron chi connectivity index (χ0n) is 11.6. The lowest BCUT2D eigenvalue weighted by molar-refractivity contribution is -0.130. The molecular formula is C15H22N2O2. The molecule has 1 aromatic carbocycles. The molecule has 1 aliphatic heterocycles. The topological polar surface area (TPSA) is 43.8 Å². The number of hydrogen-bond acceptors (Lipinski definition) is 3. The average molecular weight is 262 g/mol. The van der Waals surface area contributed by atoms with Crippen LogP contribution in [0.5, 0.6) is 0 Å². The molecule has 4 heteroatoms. The molecule has 0 spiro atoms. The first-order valence-corrected chi connectivity index (χ1v) is 6.74. The monoisotopic (exact) mass is 262 g/mol. The van der Waals surface area contributed by atoms with Gasteiger partial charge in [-0.05, 0) is 18.4 Å². The Hall–Kier alpha value is -1.39. The molecule has 1 N–H and O–H groups in total. The summed E-state index contributed by atoms with van der Waals surface area (Å²) in [5, 5.41) is 10.1. The van der Waals surface area contributed by atoms with Crippen molar-refractivity contribution in [2.24, 2.45) is 0 Å². The molecule has 4 nitrogen and oxygen atoms in total. The normalized spacial score (nSPS) is 23.5. The van der Waals surface area contributed by atoms with Crippen molar-refractivity contribution in [3.8, 4) is 0 Å². The fraction of sp³-hybridized carbons (Fsp3) is 0.533. The molecule has 19 heavy (non-hydrogen) atoms. The summed E-state index contributed by atoms with van der Waals surface area (Å²) in [5.41, 5.74) is 1.20. The summed E-state index contributed by atoms with van der Waals surface area (Å²) in [6.07, 6.45) is 1.20. The first-order valence-electron chi connectivity index (χ1n) is 6.74. The molecule has 0 unspecified atom stereocenters. The zero-order chi connectivity index (χ0) is 13.8. The summed E-state index contributed by atoms with van der Waals surface area (Å²) in [4.78, 5) is 15.5. The van der Waals surface area contributed by atoms with Crippen molar-refractivity contribution >= 4 is 5.91 Å². The van der Waals surface area contributed by atoms with Crippen LogP contribution in [0, 0.1) is 0 Å². The van der Waals surface area contributed by atoms with Gasteiger partial charge in [0.15, 0.2) is 0 Å². The van der Waals surface area contributed by atoms with E-state index in [2.05, 4.69) is 17.0 Å². The van der Waals surface area contributed by atoms with Gasteiger partial charge < -0.3 is 10.0 Å². The van der Waals surface area contributed by atoms with Crippen LogP contribution in [0.15, 0.2) is 30.3 Å². The molecule has 1 saturated heterocycles. The third kappa shape index (κ3) is 3.55. The Labute approximate surface area is 114 Å². The number of rotatable bonds is 4. The van der Waals surface area contributed by atoms with Crippen molar-refractivity contribution in [2.75, 3.05) is 27.2 Å². The van der Waals surface area contributed by atoms with E-state index in [1.165, 1.54) is 5.56 Å². The highest BCUT2D eigenvalue weighted by atomic mass is 16.3. The number of carbonyl (C=O) groups is 1. The molecular weight excluding hydrogens is 240 g/mol. The number of aliphatic hydroxyl groups is 1. The van der Waals surface area contributed by atoms with Crippen LogP contribution >= 0.6 is 0 Å². The van der Waals surface area contributed by atoms with E-state index in [1.54, 1.807) is 19.0 Å². The van der Waals surface area contributed by atoms with Gasteiger partial charge in [0.25, 0.3) is 0 Å². The van der Waals surface area contributed by atoms with Crippen molar-refractivity contribution in [2.45, 2.75) is 25.0 Å². The number of aliphatic hydroxyl groups excluding tert-OH is 1. The Balaban J connectivity index is 2.01. The molecule has 104 valence electrons. The molecule has 1 amide bonds. The van der Waals surface area contributed by atoms with Gasteiger partial charge in [0.1, 0.15) is 0 Å². The average Bonchev–Trinajstić information content (AvgIpc) is 2.72. The van der Waals surface area contributed by atoms with Crippen molar-refractivity contribution in [3.63, 3.8) is 0 Å². The molecule has 0 bridgehead atoms. The van der Waals surface area contributed by atoms with Crippen LogP contribution in [-0.4, -0.2) is 60.1 Å². The van der Waals surface area contributed by atoms with Crippen molar-refractivity contribution in [1.29, 1.82) is 0 Å². The molecule has 2 atom stereocenters. The number of benzene rings is 1. The lowest BCUT2D eigenvalue weighted by Crippen LogP contribution is -2.43. The lowest BCUT2D eigenvalue weighted by atomic mass is 10.0. The van der Waals surface area contributed by atoms with Gasteiger partial charge in [-0.1, -0.05) is 30.3 Å². The largest absolute Gasteiger partial charge is 0.391 e. The Morgan fingerprint density at radius 3 is 2.68 bits per heavy atom. The van der Waals surface area contributed by atoms with Gasteiger partial charge in [-0.15, -0.1) is 0 Å². The summed E-state index contributed by atoms with van der Waals surface area (Å²) in [6.45, 7) is 1.18. The molecule has 0 radical (unpaired) electrons. The van der Waals surface area contributed by atoms with E-state index in [1.807, 2.05) is 18.2 Å². The van der Waals surface area contributed by atoms with Crippen molar-refractivity contribution in [3.05, 3.63) is 35.9 Å². The van der Waals surface area contributed by atoms with Gasteiger partial charge in [-0.25, -0.2) is 0 Å². The smallest absolute Gasteiger partial charge is 0.236 e. The Morgan fingerprint density at radius 2 is 2.05 bits per heavy atom. The summed E-state index contributed by atoms with van der Waals surface area (Å²) < 4.78 is 0. The predicted molar refractivity (Wildman–Crippen MR) is 74.8 cm³/mol. The summed E-state index contributed by atoms with van der Waals surface area (Å²) >= 11 is 0. The van der Waals surface area contributed by atoms with E-state index >= 15 is 0 Å². The third-order valence-electron chi connectivity index (χ3n) is 3.75. The second kappa shape index (κ2) is 6.17. The fourth-order valence-corrected chi connectivity index (χ4v) is 2.53. The van der Waals surface area contributed by atoms with Crippen LogP contribution in [0.2, 0.25) is 0 Å². The van der Waals surface area contributed by atoms with E-state index in [9.17, 15) is 9.90 Å². The summed E-state index contributed by atoms with van der Waals surface area (Å²) in [6, 6.07) is 10.2. The van der Waals surface area contributed by atoms with Gasteiger partial charge in [-0.2, -0.15) is 0 Å². The maximum Gasteiger partial charge on any atom is 0.236 e. The Bertz CT molecular complexity index is 419. The van der Waals surface area contributed by atoms with Gasteiger partial charge in [-0.3, -0.25) is 9.69 Å². The molecule has 1 heterocycles. The van der Waals surface area contributed by atoms with E-state index in [4.69, 9.17) is 0 Å². The fourth-order valence-electron chi connectivity index (χ4n) is 2.53. The molecule has 0 aromatic heterocycles. The minimum atomic E-state index is -0.338. The minimum absolute atomic E-state index is 0.0475. The van der Waals surface area contributed by atoms with Crippen LogP contribution in [-0.2, 0) is 11.2 Å². The van der Waals surface area contributed by atoms with Crippen molar-refractivity contribution < 1.29 is 9.90 Å². The molecule has 0 aliphatic carbocycles. The molecule has 1 aromatic rings. The zero-order valence-corrected chi connectivity index (χ0v) is 11.6. The van der Waals surface area contributed by atoms with Gasteiger partial charge >= 0.3 is 0 Å². The van der Waals surface area contributed by atoms with Crippen LogP contribution in [0.4, 0.5) is 0 Å². The van der Waals surface area contributed by atoms with Gasteiger partial charge in [0.05, 0.1) is 12.6 Å². The van der Waals surface area contributed by atoms with Gasteiger partial charge in [0, 0.05) is 26.7 Å². The highest BCUT2D eigenvalue weighted by Gasteiger charge is 2.33. The van der Waals surface area contributed by atoms with E-state index < -0.39 is 0 Å². The Kier molecular flexibility index (Phi) is 4.56. The summed E-state index contributed by atoms with van der Waals surface area (Å²) in [5.74, 6) is 0.0900. The van der Waals surface area contributed by atoms with Crippen molar-refractivity contribution in [1.82, 2.24) is 9.80 Å². The first-order chi connectivity index (χ1) is 9.08. The van der Waals surface area contributed by atoms with Crippen LogP contribution in [0.3, 0.4) is 0 Å². The van der Waals surface area contributed by atoms with E-state index in [0.29, 0.717) is 6.54 Å². The molecule has 0 saturated carbocycles. The van der Waals surface area contributed by atoms with E-state index in [0.717, 1.165) is 19.4 Å². The number of likely N-dealkylation sites (tertiary alicyclic amines) is 1. The Morgan fingerprint density at radius 1 is 1.37 bits per heavy atom. The standard InChI is InChI=1S/C15H22N2O2/c1-16(2)15(19)11-17-9-8-14(18)13(17)10-12-6-4-3-5-7-12/h3-7,13-14,18H,8-11H2,1-2H3/t13-,14-/m0/s1. The van der Waals surface area contributed by atoms with Crippen LogP contribution in [0.1, 0.15) is 12.0 Å². The second-order valence-corrected chi connectivity index (χ2v) is 5.37. The van der Waals surface area contributed by atoms with E-state index in [-0.39, 0.29) is 18.1 Å². The third-order valence-corrected chi connectivity index (χ3v) is 3.75. The summed E-state index contributed by atoms with van der Waals surface area (Å²) in [7, 11) is 3.53. The number of likely N-dealkylation sites (N-methyl/N-ethyl adjacent to an activating group) is 1. The second-order valence-electron chi connectivity index (χ2n) is 5.37.